The Hall–Kier alpha value is -1.77. The van der Waals surface area contributed by atoms with Crippen molar-refractivity contribution >= 4 is 34.2 Å². The van der Waals surface area contributed by atoms with E-state index in [2.05, 4.69) is 78.2 Å². The van der Waals surface area contributed by atoms with E-state index in [9.17, 15) is 0 Å². The van der Waals surface area contributed by atoms with E-state index < -0.39 is 0 Å². The first-order chi connectivity index (χ1) is 15.6. The monoisotopic (exact) mass is 578 g/mol. The van der Waals surface area contributed by atoms with Crippen molar-refractivity contribution in [3.05, 3.63) is 43.0 Å². The average molecular weight is 578 g/mol. The van der Waals surface area contributed by atoms with Crippen LogP contribution in [0, 0.1) is 0 Å². The number of ether oxygens (including phenoxy) is 1. The molecule has 4 rings (SSSR count). The number of anilines is 1. The van der Waals surface area contributed by atoms with Crippen LogP contribution >= 0.6 is 28.4 Å². The first-order valence-electron chi connectivity index (χ1n) is 11.1. The molecular weight excluding hydrogens is 546 g/mol. The number of hydrogen-bond donors (Lipinski definition) is 1. The molecule has 9 heteroatoms. The van der Waals surface area contributed by atoms with Crippen LogP contribution in [0.2, 0.25) is 0 Å². The Bertz CT molecular complexity index is 1100. The average Bonchev–Trinajstić information content (AvgIpc) is 3.25. The maximum absolute atomic E-state index is 5.70. The minimum atomic E-state index is 0.0802. The van der Waals surface area contributed by atoms with E-state index in [0.717, 1.165) is 46.8 Å². The number of halogens is 1. The fourth-order valence-electron chi connectivity index (χ4n) is 4.97. The van der Waals surface area contributed by atoms with Gasteiger partial charge in [0.1, 0.15) is 11.6 Å². The summed E-state index contributed by atoms with van der Waals surface area (Å²) >= 11 is 2.32. The molecule has 1 aliphatic heterocycles. The van der Waals surface area contributed by atoms with E-state index in [4.69, 9.17) is 14.7 Å². The van der Waals surface area contributed by atoms with Gasteiger partial charge in [0.15, 0.2) is 0 Å². The second-order valence-electron chi connectivity index (χ2n) is 10.00. The molecule has 2 aromatic heterocycles. The molecule has 33 heavy (non-hydrogen) atoms. The van der Waals surface area contributed by atoms with Crippen LogP contribution in [0.5, 0.6) is 5.75 Å². The molecule has 1 saturated heterocycles. The second kappa shape index (κ2) is 9.47. The summed E-state index contributed by atoms with van der Waals surface area (Å²) in [5.41, 5.74) is 4.02. The third-order valence-electron chi connectivity index (χ3n) is 6.20. The molecule has 1 N–H and O–H groups in total. The zero-order valence-electron chi connectivity index (χ0n) is 20.1. The van der Waals surface area contributed by atoms with Gasteiger partial charge in [-0.15, -0.1) is 0 Å². The Morgan fingerprint density at radius 3 is 2.39 bits per heavy atom. The first kappa shape index (κ1) is 24.4. The summed E-state index contributed by atoms with van der Waals surface area (Å²) in [5.74, 6) is 1.66. The van der Waals surface area contributed by atoms with Crippen LogP contribution < -0.4 is 15.0 Å². The van der Waals surface area contributed by atoms with Crippen molar-refractivity contribution in [2.75, 3.05) is 19.1 Å². The topological polar surface area (TPSA) is 68.1 Å². The van der Waals surface area contributed by atoms with Crippen molar-refractivity contribution in [1.82, 2.24) is 24.8 Å². The number of benzene rings is 1. The van der Waals surface area contributed by atoms with Gasteiger partial charge in [-0.2, -0.15) is 5.10 Å². The Kier molecular flexibility index (Phi) is 6.99. The van der Waals surface area contributed by atoms with Crippen molar-refractivity contribution in [1.29, 1.82) is 0 Å². The standard InChI is InChI=1S/C24H32IN6OP/c1-23(2)10-18(11-24(3,4)29-23)30(5)22-14-26-20(13-27-22)19-8-7-16(9-21(19)32-6)17-12-28-31(15-17)33-25/h7-9,12-15,18,29,33H,10-11H2,1-6H3. The van der Waals surface area contributed by atoms with E-state index in [1.165, 1.54) is 0 Å². The molecule has 7 nitrogen and oxygen atoms in total. The highest BCUT2D eigenvalue weighted by Crippen LogP contribution is 2.35. The summed E-state index contributed by atoms with van der Waals surface area (Å²) < 4.78 is 7.63. The van der Waals surface area contributed by atoms with Gasteiger partial charge >= 0.3 is 0 Å². The lowest BCUT2D eigenvalue weighted by Gasteiger charge is -2.49. The highest BCUT2D eigenvalue weighted by atomic mass is 127. The molecule has 0 aliphatic carbocycles. The van der Waals surface area contributed by atoms with E-state index >= 15 is 0 Å². The van der Waals surface area contributed by atoms with Gasteiger partial charge in [-0.25, -0.2) is 9.44 Å². The number of piperidine rings is 1. The summed E-state index contributed by atoms with van der Waals surface area (Å²) in [6.07, 6.45) is 10.3. The summed E-state index contributed by atoms with van der Waals surface area (Å²) in [6.45, 7) is 9.08. The van der Waals surface area contributed by atoms with Crippen LogP contribution in [0.1, 0.15) is 40.5 Å². The minimum Gasteiger partial charge on any atom is -0.496 e. The van der Waals surface area contributed by atoms with Gasteiger partial charge in [0.05, 0.1) is 37.8 Å². The Morgan fingerprint density at radius 1 is 1.09 bits per heavy atom. The first-order valence-corrected chi connectivity index (χ1v) is 15.1. The molecule has 3 heterocycles. The summed E-state index contributed by atoms with van der Waals surface area (Å²) in [6, 6.07) is 6.56. The lowest BCUT2D eigenvalue weighted by atomic mass is 9.79. The molecule has 1 aliphatic rings. The Balaban J connectivity index is 1.56. The quantitative estimate of drug-likeness (QED) is 0.306. The number of rotatable bonds is 6. The molecule has 0 bridgehead atoms. The third-order valence-corrected chi connectivity index (χ3v) is 8.10. The number of nitrogens with one attached hydrogen (secondary N) is 1. The SMILES string of the molecule is COc1cc(-c2cnn(PI)c2)ccc1-c1cnc(N(C)C2CC(C)(C)NC(C)(C)C2)cn1. The molecule has 1 atom stereocenters. The molecule has 0 spiro atoms. The van der Waals surface area contributed by atoms with Crippen LogP contribution in [0.15, 0.2) is 43.0 Å². The zero-order valence-corrected chi connectivity index (χ0v) is 23.2. The number of aromatic nitrogens is 4. The van der Waals surface area contributed by atoms with Crippen LogP contribution in [-0.4, -0.2) is 50.8 Å². The van der Waals surface area contributed by atoms with E-state index in [0.29, 0.717) is 12.4 Å². The Morgan fingerprint density at radius 2 is 1.82 bits per heavy atom. The zero-order chi connectivity index (χ0) is 23.8. The predicted octanol–water partition coefficient (Wildman–Crippen LogP) is 5.55. The van der Waals surface area contributed by atoms with Crippen LogP contribution in [0.3, 0.4) is 0 Å². The molecule has 1 fully saturated rings. The highest BCUT2D eigenvalue weighted by Gasteiger charge is 2.39. The fourth-order valence-corrected chi connectivity index (χ4v) is 6.05. The molecule has 3 aromatic rings. The predicted molar refractivity (Wildman–Crippen MR) is 146 cm³/mol. The Labute approximate surface area is 211 Å². The van der Waals surface area contributed by atoms with Crippen molar-refractivity contribution in [3.8, 4) is 28.1 Å². The number of nitrogens with zero attached hydrogens (tertiary/aromatic N) is 5. The normalized spacial score (nSPS) is 18.0. The summed E-state index contributed by atoms with van der Waals surface area (Å²) in [7, 11) is 3.81. The van der Waals surface area contributed by atoms with Crippen LogP contribution in [-0.2, 0) is 0 Å². The lowest BCUT2D eigenvalue weighted by molar-refractivity contribution is 0.160. The molecule has 0 saturated carbocycles. The molecule has 0 amide bonds. The van der Waals surface area contributed by atoms with E-state index in [-0.39, 0.29) is 11.1 Å². The lowest BCUT2D eigenvalue weighted by Crippen LogP contribution is -2.62. The van der Waals surface area contributed by atoms with Gasteiger partial charge in [-0.05, 0) is 80.3 Å². The van der Waals surface area contributed by atoms with Gasteiger partial charge in [-0.1, -0.05) is 6.07 Å². The summed E-state index contributed by atoms with van der Waals surface area (Å²) in [5, 5.41) is 8.13. The second-order valence-corrected chi connectivity index (χ2v) is 12.1. The molecule has 1 aromatic carbocycles. The number of hydrogen-bond acceptors (Lipinski definition) is 6. The van der Waals surface area contributed by atoms with Gasteiger partial charge in [0.2, 0.25) is 0 Å². The third kappa shape index (κ3) is 5.49. The fraction of sp³-hybridized carbons (Fsp3) is 0.458. The van der Waals surface area contributed by atoms with Crippen LogP contribution in [0.4, 0.5) is 5.82 Å². The molecule has 1 unspecified atom stereocenters. The van der Waals surface area contributed by atoms with E-state index in [1.807, 2.05) is 41.4 Å². The number of methoxy groups -OCH3 is 1. The molecule has 176 valence electrons. The van der Waals surface area contributed by atoms with Crippen LogP contribution in [0.25, 0.3) is 22.4 Å². The van der Waals surface area contributed by atoms with Crippen molar-refractivity contribution in [3.63, 3.8) is 0 Å². The highest BCUT2D eigenvalue weighted by molar-refractivity contribution is 14.2. The van der Waals surface area contributed by atoms with Gasteiger partial charge in [0.25, 0.3) is 0 Å². The maximum atomic E-state index is 5.70. The van der Waals surface area contributed by atoms with Gasteiger partial charge < -0.3 is 15.0 Å². The van der Waals surface area contributed by atoms with Crippen molar-refractivity contribution in [2.24, 2.45) is 0 Å². The maximum Gasteiger partial charge on any atom is 0.147 e. The van der Waals surface area contributed by atoms with Gasteiger partial charge in [-0.3, -0.25) is 4.98 Å². The minimum absolute atomic E-state index is 0.0802. The smallest absolute Gasteiger partial charge is 0.147 e. The molecule has 0 radical (unpaired) electrons. The summed E-state index contributed by atoms with van der Waals surface area (Å²) in [4.78, 5) is 11.8. The largest absolute Gasteiger partial charge is 0.496 e. The van der Waals surface area contributed by atoms with E-state index in [1.54, 1.807) is 7.11 Å². The van der Waals surface area contributed by atoms with Crippen molar-refractivity contribution < 1.29 is 4.74 Å². The van der Waals surface area contributed by atoms with Gasteiger partial charge in [0, 0.05) is 41.5 Å². The van der Waals surface area contributed by atoms with Crippen molar-refractivity contribution in [2.45, 2.75) is 57.7 Å². The molecular formula is C24H32IN6OP.